The van der Waals surface area contributed by atoms with E-state index in [1.54, 1.807) is 0 Å². The van der Waals surface area contributed by atoms with Crippen molar-refractivity contribution in [1.82, 2.24) is 5.43 Å². The lowest BCUT2D eigenvalue weighted by Crippen LogP contribution is -2.17. The first-order chi connectivity index (χ1) is 10.5. The van der Waals surface area contributed by atoms with Gasteiger partial charge in [-0.05, 0) is 18.2 Å². The highest BCUT2D eigenvalue weighted by Crippen LogP contribution is 2.20. The number of carbonyl (C=O) groups excluding carboxylic acids is 1. The molecular weight excluding hydrogens is 290 g/mol. The van der Waals surface area contributed by atoms with E-state index < -0.39 is 10.8 Å². The number of rotatable bonds is 4. The van der Waals surface area contributed by atoms with Gasteiger partial charge < -0.3 is 10.2 Å². The van der Waals surface area contributed by atoms with Crippen molar-refractivity contribution in [2.24, 2.45) is 5.10 Å². The van der Waals surface area contributed by atoms with E-state index in [-0.39, 0.29) is 28.3 Å². The van der Waals surface area contributed by atoms with Crippen LogP contribution in [-0.2, 0) is 0 Å². The van der Waals surface area contributed by atoms with Crippen molar-refractivity contribution in [3.63, 3.8) is 0 Å². The van der Waals surface area contributed by atoms with Crippen LogP contribution in [0.25, 0.3) is 0 Å². The zero-order valence-corrected chi connectivity index (χ0v) is 11.1. The lowest BCUT2D eigenvalue weighted by atomic mass is 10.2. The van der Waals surface area contributed by atoms with E-state index in [1.807, 2.05) is 0 Å². The summed E-state index contributed by atoms with van der Waals surface area (Å²) >= 11 is 0. The van der Waals surface area contributed by atoms with E-state index in [4.69, 9.17) is 5.11 Å². The van der Waals surface area contributed by atoms with Gasteiger partial charge in [-0.25, -0.2) is 5.43 Å². The monoisotopic (exact) mass is 301 g/mol. The van der Waals surface area contributed by atoms with Gasteiger partial charge in [-0.1, -0.05) is 6.07 Å². The molecule has 0 aliphatic rings. The molecule has 0 aromatic heterocycles. The second kappa shape index (κ2) is 6.35. The summed E-state index contributed by atoms with van der Waals surface area (Å²) in [6, 6.07) is 9.09. The molecule has 0 aliphatic carbocycles. The third-order valence-corrected chi connectivity index (χ3v) is 2.70. The normalized spacial score (nSPS) is 10.5. The molecule has 0 spiro atoms. The standard InChI is InChI=1S/C14H11N3O5/c18-12-5-4-10(13(19)7-12)8-15-16-14(20)9-2-1-3-11(6-9)17(21)22/h1-8,18-19H,(H,16,20)/b15-8+. The minimum absolute atomic E-state index is 0.0845. The van der Waals surface area contributed by atoms with Gasteiger partial charge in [0.15, 0.2) is 0 Å². The maximum absolute atomic E-state index is 11.8. The van der Waals surface area contributed by atoms with Crippen LogP contribution < -0.4 is 5.43 Å². The molecule has 0 saturated carbocycles. The molecule has 0 bridgehead atoms. The molecule has 0 heterocycles. The van der Waals surface area contributed by atoms with Crippen LogP contribution in [0.4, 0.5) is 5.69 Å². The number of phenols is 2. The van der Waals surface area contributed by atoms with Crippen molar-refractivity contribution in [2.75, 3.05) is 0 Å². The number of nitro benzene ring substituents is 1. The lowest BCUT2D eigenvalue weighted by Gasteiger charge is -2.01. The minimum Gasteiger partial charge on any atom is -0.508 e. The quantitative estimate of drug-likeness (QED) is 0.451. The molecule has 2 rings (SSSR count). The number of non-ortho nitro benzene ring substituents is 1. The average Bonchev–Trinajstić information content (AvgIpc) is 2.49. The number of benzene rings is 2. The molecule has 2 aromatic rings. The Morgan fingerprint density at radius 2 is 2.00 bits per heavy atom. The first-order valence-corrected chi connectivity index (χ1v) is 6.07. The van der Waals surface area contributed by atoms with Gasteiger partial charge in [0.2, 0.25) is 0 Å². The molecule has 1 amide bonds. The van der Waals surface area contributed by atoms with E-state index in [0.717, 1.165) is 12.1 Å². The van der Waals surface area contributed by atoms with E-state index in [2.05, 4.69) is 10.5 Å². The van der Waals surface area contributed by atoms with Gasteiger partial charge in [-0.15, -0.1) is 0 Å². The molecule has 22 heavy (non-hydrogen) atoms. The molecule has 0 fully saturated rings. The number of amides is 1. The number of nitrogens with one attached hydrogen (secondary N) is 1. The predicted octanol–water partition coefficient (Wildman–Crippen LogP) is 1.77. The Kier molecular flexibility index (Phi) is 4.33. The number of phenolic OH excluding ortho intramolecular Hbond substituents is 2. The Bertz CT molecular complexity index is 758. The number of hydrazone groups is 1. The molecule has 0 atom stereocenters. The number of hydrogen-bond acceptors (Lipinski definition) is 6. The number of nitro groups is 1. The zero-order valence-electron chi connectivity index (χ0n) is 11.1. The highest BCUT2D eigenvalue weighted by Gasteiger charge is 2.10. The molecular formula is C14H11N3O5. The number of nitrogens with zero attached hydrogens (tertiary/aromatic N) is 2. The molecule has 8 nitrogen and oxygen atoms in total. The van der Waals surface area contributed by atoms with E-state index in [9.17, 15) is 20.0 Å². The van der Waals surface area contributed by atoms with Gasteiger partial charge in [0.25, 0.3) is 11.6 Å². The first-order valence-electron chi connectivity index (χ1n) is 6.07. The molecule has 0 aliphatic heterocycles. The summed E-state index contributed by atoms with van der Waals surface area (Å²) in [6.07, 6.45) is 1.18. The van der Waals surface area contributed by atoms with Crippen molar-refractivity contribution >= 4 is 17.8 Å². The van der Waals surface area contributed by atoms with Gasteiger partial charge in [-0.3, -0.25) is 14.9 Å². The third-order valence-electron chi connectivity index (χ3n) is 2.70. The molecule has 0 saturated heterocycles. The molecule has 0 unspecified atom stereocenters. The fraction of sp³-hybridized carbons (Fsp3) is 0. The SMILES string of the molecule is O=C(N/N=C/c1ccc(O)cc1O)c1cccc([N+](=O)[O-])c1. The predicted molar refractivity (Wildman–Crippen MR) is 77.9 cm³/mol. The Hall–Kier alpha value is -3.42. The van der Waals surface area contributed by atoms with E-state index in [0.29, 0.717) is 0 Å². The summed E-state index contributed by atoms with van der Waals surface area (Å²) in [4.78, 5) is 21.8. The Labute approximate surface area is 124 Å². The van der Waals surface area contributed by atoms with Crippen molar-refractivity contribution in [1.29, 1.82) is 0 Å². The number of aromatic hydroxyl groups is 2. The second-order valence-electron chi connectivity index (χ2n) is 4.25. The molecule has 3 N–H and O–H groups in total. The van der Waals surface area contributed by atoms with Crippen LogP contribution in [0.5, 0.6) is 11.5 Å². The van der Waals surface area contributed by atoms with Crippen LogP contribution in [0.15, 0.2) is 47.6 Å². The average molecular weight is 301 g/mol. The maximum atomic E-state index is 11.8. The first kappa shape index (κ1) is 15.0. The Morgan fingerprint density at radius 3 is 2.68 bits per heavy atom. The van der Waals surface area contributed by atoms with Crippen molar-refractivity contribution < 1.29 is 19.9 Å². The molecule has 112 valence electrons. The van der Waals surface area contributed by atoms with E-state index in [1.165, 1.54) is 36.5 Å². The molecule has 0 radical (unpaired) electrons. The topological polar surface area (TPSA) is 125 Å². The summed E-state index contributed by atoms with van der Waals surface area (Å²) < 4.78 is 0. The van der Waals surface area contributed by atoms with Crippen molar-refractivity contribution in [3.8, 4) is 11.5 Å². The summed E-state index contributed by atoms with van der Waals surface area (Å²) in [5.74, 6) is -0.929. The number of carbonyl (C=O) groups is 1. The fourth-order valence-corrected chi connectivity index (χ4v) is 1.63. The summed E-state index contributed by atoms with van der Waals surface area (Å²) in [7, 11) is 0. The largest absolute Gasteiger partial charge is 0.508 e. The van der Waals surface area contributed by atoms with Gasteiger partial charge in [0, 0.05) is 29.3 Å². The smallest absolute Gasteiger partial charge is 0.271 e. The second-order valence-corrected chi connectivity index (χ2v) is 4.25. The Morgan fingerprint density at radius 1 is 1.23 bits per heavy atom. The zero-order chi connectivity index (χ0) is 16.1. The fourth-order valence-electron chi connectivity index (χ4n) is 1.63. The van der Waals surface area contributed by atoms with Crippen LogP contribution in [0.3, 0.4) is 0 Å². The summed E-state index contributed by atoms with van der Waals surface area (Å²) in [6.45, 7) is 0. The molecule has 8 heteroatoms. The van der Waals surface area contributed by atoms with Crippen LogP contribution >= 0.6 is 0 Å². The van der Waals surface area contributed by atoms with Gasteiger partial charge in [0.1, 0.15) is 11.5 Å². The van der Waals surface area contributed by atoms with Gasteiger partial charge >= 0.3 is 0 Å². The summed E-state index contributed by atoms with van der Waals surface area (Å²) in [5, 5.41) is 33.0. The van der Waals surface area contributed by atoms with Gasteiger partial charge in [-0.2, -0.15) is 5.10 Å². The minimum atomic E-state index is -0.627. The van der Waals surface area contributed by atoms with Crippen molar-refractivity contribution in [3.05, 3.63) is 63.7 Å². The lowest BCUT2D eigenvalue weighted by molar-refractivity contribution is -0.384. The highest BCUT2D eigenvalue weighted by atomic mass is 16.6. The summed E-state index contributed by atoms with van der Waals surface area (Å²) in [5.41, 5.74) is 2.36. The number of hydrogen-bond donors (Lipinski definition) is 3. The van der Waals surface area contributed by atoms with E-state index >= 15 is 0 Å². The van der Waals surface area contributed by atoms with Crippen LogP contribution in [0.2, 0.25) is 0 Å². The molecule has 2 aromatic carbocycles. The highest BCUT2D eigenvalue weighted by molar-refractivity contribution is 5.95. The van der Waals surface area contributed by atoms with Crippen LogP contribution in [0, 0.1) is 10.1 Å². The van der Waals surface area contributed by atoms with Crippen LogP contribution in [0.1, 0.15) is 15.9 Å². The van der Waals surface area contributed by atoms with Gasteiger partial charge in [0.05, 0.1) is 11.1 Å². The third kappa shape index (κ3) is 3.57. The maximum Gasteiger partial charge on any atom is 0.271 e. The van der Waals surface area contributed by atoms with Crippen molar-refractivity contribution in [2.45, 2.75) is 0 Å². The van der Waals surface area contributed by atoms with Crippen LogP contribution in [-0.4, -0.2) is 27.3 Å². The Balaban J connectivity index is 2.08.